The molecule has 0 bridgehead atoms. The van der Waals surface area contributed by atoms with Crippen LogP contribution in [-0.2, 0) is 7.05 Å². The lowest BCUT2D eigenvalue weighted by Crippen LogP contribution is -2.54. The fraction of sp³-hybridized carbons (Fsp3) is 0.467. The second-order valence-corrected chi connectivity index (χ2v) is 5.84. The molecule has 8 nitrogen and oxygen atoms in total. The van der Waals surface area contributed by atoms with Gasteiger partial charge in [0.25, 0.3) is 5.91 Å². The molecule has 3 rings (SSSR count). The number of carbonyl (C=O) groups excluding carboxylic acids is 1. The maximum Gasteiger partial charge on any atom is 0.269 e. The van der Waals surface area contributed by atoms with Crippen molar-refractivity contribution in [2.75, 3.05) is 24.5 Å². The third-order valence-corrected chi connectivity index (χ3v) is 4.06. The van der Waals surface area contributed by atoms with Gasteiger partial charge in [0.1, 0.15) is 11.5 Å². The van der Waals surface area contributed by atoms with Gasteiger partial charge in [0, 0.05) is 45.3 Å². The Morgan fingerprint density at radius 3 is 3.00 bits per heavy atom. The van der Waals surface area contributed by atoms with E-state index >= 15 is 0 Å². The summed E-state index contributed by atoms with van der Waals surface area (Å²) in [6.45, 7) is 1.42. The smallest absolute Gasteiger partial charge is 0.269 e. The highest BCUT2D eigenvalue weighted by Crippen LogP contribution is 2.24. The summed E-state index contributed by atoms with van der Waals surface area (Å²) in [5.74, 6) is 0.499. The van der Waals surface area contributed by atoms with E-state index in [4.69, 9.17) is 0 Å². The number of β-amino-alcohol motifs (C(OH)–C–C–N with tert-alkyl or cyclic N) is 1. The number of hydrogen-bond acceptors (Lipinski definition) is 6. The number of anilines is 1. The number of piperidine rings is 1. The molecule has 3 heterocycles. The highest BCUT2D eigenvalue weighted by Gasteiger charge is 2.34. The van der Waals surface area contributed by atoms with Gasteiger partial charge in [0.15, 0.2) is 0 Å². The summed E-state index contributed by atoms with van der Waals surface area (Å²) in [6, 6.07) is 1.64. The molecule has 1 unspecified atom stereocenters. The molecule has 0 radical (unpaired) electrons. The lowest BCUT2D eigenvalue weighted by atomic mass is 9.92. The van der Waals surface area contributed by atoms with E-state index in [1.807, 2.05) is 4.90 Å². The van der Waals surface area contributed by atoms with E-state index in [1.54, 1.807) is 37.9 Å². The van der Waals surface area contributed by atoms with Gasteiger partial charge in [-0.3, -0.25) is 14.5 Å². The number of nitrogens with one attached hydrogen (secondary N) is 1. The molecular formula is C15H20N6O2. The minimum absolute atomic E-state index is 0.188. The van der Waals surface area contributed by atoms with E-state index in [2.05, 4.69) is 20.4 Å². The highest BCUT2D eigenvalue weighted by molar-refractivity contribution is 5.92. The van der Waals surface area contributed by atoms with Crippen molar-refractivity contribution in [3.05, 3.63) is 36.5 Å². The van der Waals surface area contributed by atoms with Gasteiger partial charge in [-0.25, -0.2) is 4.98 Å². The van der Waals surface area contributed by atoms with Gasteiger partial charge in [-0.2, -0.15) is 5.10 Å². The summed E-state index contributed by atoms with van der Waals surface area (Å²) in [5, 5.41) is 17.6. The van der Waals surface area contributed by atoms with E-state index in [9.17, 15) is 9.90 Å². The molecule has 1 atom stereocenters. The van der Waals surface area contributed by atoms with Crippen LogP contribution in [0.3, 0.4) is 0 Å². The van der Waals surface area contributed by atoms with Crippen LogP contribution in [0, 0.1) is 0 Å². The molecule has 1 aliphatic rings. The molecule has 1 fully saturated rings. The van der Waals surface area contributed by atoms with Gasteiger partial charge in [0.05, 0.1) is 11.8 Å². The average Bonchev–Trinajstić information content (AvgIpc) is 3.00. The Bertz CT molecular complexity index is 674. The Hall–Kier alpha value is -2.48. The minimum atomic E-state index is -0.982. The molecular weight excluding hydrogens is 296 g/mol. The average molecular weight is 316 g/mol. The Morgan fingerprint density at radius 2 is 2.30 bits per heavy atom. The van der Waals surface area contributed by atoms with Gasteiger partial charge in [-0.1, -0.05) is 0 Å². The summed E-state index contributed by atoms with van der Waals surface area (Å²) in [6.07, 6.45) is 7.96. The Labute approximate surface area is 134 Å². The van der Waals surface area contributed by atoms with Crippen LogP contribution in [0.2, 0.25) is 0 Å². The fourth-order valence-corrected chi connectivity index (χ4v) is 2.84. The third-order valence-electron chi connectivity index (χ3n) is 4.06. The number of rotatable bonds is 4. The van der Waals surface area contributed by atoms with E-state index in [1.165, 1.54) is 4.68 Å². The van der Waals surface area contributed by atoms with Crippen LogP contribution in [0.4, 0.5) is 5.82 Å². The van der Waals surface area contributed by atoms with E-state index in [0.29, 0.717) is 18.7 Å². The number of aryl methyl sites for hydroxylation is 1. The third kappa shape index (κ3) is 3.48. The highest BCUT2D eigenvalue weighted by atomic mass is 16.3. The molecule has 0 aromatic carbocycles. The van der Waals surface area contributed by atoms with Crippen LogP contribution >= 0.6 is 0 Å². The maximum atomic E-state index is 12.1. The number of hydrogen-bond donors (Lipinski definition) is 2. The lowest BCUT2D eigenvalue weighted by Gasteiger charge is -2.39. The number of nitrogens with zero attached hydrogens (tertiary/aromatic N) is 5. The molecule has 1 aliphatic heterocycles. The Kier molecular flexibility index (Phi) is 4.24. The predicted molar refractivity (Wildman–Crippen MR) is 84.0 cm³/mol. The summed E-state index contributed by atoms with van der Waals surface area (Å²) in [4.78, 5) is 22.5. The molecule has 2 N–H and O–H groups in total. The van der Waals surface area contributed by atoms with Crippen molar-refractivity contribution in [3.8, 4) is 0 Å². The van der Waals surface area contributed by atoms with Crippen molar-refractivity contribution >= 4 is 11.7 Å². The quantitative estimate of drug-likeness (QED) is 0.822. The van der Waals surface area contributed by atoms with Crippen LogP contribution in [0.25, 0.3) is 0 Å². The molecule has 2 aromatic rings. The Morgan fingerprint density at radius 1 is 1.43 bits per heavy atom. The molecule has 8 heteroatoms. The second-order valence-electron chi connectivity index (χ2n) is 5.84. The zero-order chi connectivity index (χ0) is 16.3. The molecule has 0 aliphatic carbocycles. The van der Waals surface area contributed by atoms with Crippen molar-refractivity contribution in [1.82, 2.24) is 25.1 Å². The van der Waals surface area contributed by atoms with Crippen LogP contribution in [0.15, 0.2) is 30.9 Å². The number of carbonyl (C=O) groups is 1. The minimum Gasteiger partial charge on any atom is -0.386 e. The summed E-state index contributed by atoms with van der Waals surface area (Å²) in [5.41, 5.74) is -0.514. The van der Waals surface area contributed by atoms with E-state index in [0.717, 1.165) is 18.8 Å². The van der Waals surface area contributed by atoms with Crippen molar-refractivity contribution in [2.24, 2.45) is 7.05 Å². The maximum absolute atomic E-state index is 12.1. The SMILES string of the molecule is Cn1nccc1C(=O)NCC1(O)CCCN(c2cnccn2)C1. The standard InChI is InChI=1S/C15H20N6O2/c1-20-12(3-5-19-20)14(22)18-10-15(23)4-2-8-21(11-15)13-9-16-6-7-17-13/h3,5-7,9,23H,2,4,8,10-11H2,1H3,(H,18,22). The molecule has 0 saturated carbocycles. The Balaban J connectivity index is 1.62. The first-order valence-corrected chi connectivity index (χ1v) is 7.57. The lowest BCUT2D eigenvalue weighted by molar-refractivity contribution is 0.0253. The summed E-state index contributed by atoms with van der Waals surface area (Å²) < 4.78 is 1.51. The van der Waals surface area contributed by atoms with Gasteiger partial charge >= 0.3 is 0 Å². The van der Waals surface area contributed by atoms with Gasteiger partial charge in [0.2, 0.25) is 0 Å². The molecule has 122 valence electrons. The normalized spacial score (nSPS) is 21.2. The van der Waals surface area contributed by atoms with Crippen LogP contribution < -0.4 is 10.2 Å². The topological polar surface area (TPSA) is 96.2 Å². The van der Waals surface area contributed by atoms with Crippen molar-refractivity contribution in [2.45, 2.75) is 18.4 Å². The largest absolute Gasteiger partial charge is 0.386 e. The molecule has 23 heavy (non-hydrogen) atoms. The number of aliphatic hydroxyl groups is 1. The molecule has 0 spiro atoms. The molecule has 1 saturated heterocycles. The van der Waals surface area contributed by atoms with Gasteiger partial charge < -0.3 is 15.3 Å². The number of amides is 1. The second kappa shape index (κ2) is 6.33. The van der Waals surface area contributed by atoms with Crippen LogP contribution in [-0.4, -0.2) is 56.0 Å². The first-order chi connectivity index (χ1) is 11.1. The predicted octanol–water partition coefficient (Wildman–Crippen LogP) is -0.0286. The zero-order valence-electron chi connectivity index (χ0n) is 13.0. The van der Waals surface area contributed by atoms with E-state index < -0.39 is 5.60 Å². The fourth-order valence-electron chi connectivity index (χ4n) is 2.84. The molecule has 2 aromatic heterocycles. The van der Waals surface area contributed by atoms with Crippen molar-refractivity contribution in [3.63, 3.8) is 0 Å². The first kappa shape index (κ1) is 15.4. The van der Waals surface area contributed by atoms with Gasteiger partial charge in [-0.15, -0.1) is 0 Å². The number of aromatic nitrogens is 4. The van der Waals surface area contributed by atoms with Crippen molar-refractivity contribution in [1.29, 1.82) is 0 Å². The first-order valence-electron chi connectivity index (χ1n) is 7.57. The van der Waals surface area contributed by atoms with Gasteiger partial charge in [-0.05, 0) is 18.9 Å². The van der Waals surface area contributed by atoms with Crippen LogP contribution in [0.5, 0.6) is 0 Å². The summed E-state index contributed by atoms with van der Waals surface area (Å²) >= 11 is 0. The van der Waals surface area contributed by atoms with Crippen LogP contribution in [0.1, 0.15) is 23.3 Å². The van der Waals surface area contributed by atoms with Crippen molar-refractivity contribution < 1.29 is 9.90 Å². The monoisotopic (exact) mass is 316 g/mol. The molecule has 1 amide bonds. The summed E-state index contributed by atoms with van der Waals surface area (Å²) in [7, 11) is 1.71. The zero-order valence-corrected chi connectivity index (χ0v) is 13.0. The van der Waals surface area contributed by atoms with E-state index in [-0.39, 0.29) is 12.5 Å².